The minimum Gasteiger partial charge on any atom is -0.358 e. The molecular formula is C14H15BrN2OS. The Morgan fingerprint density at radius 3 is 2.63 bits per heavy atom. The summed E-state index contributed by atoms with van der Waals surface area (Å²) in [6.07, 6.45) is 4.33. The molecule has 1 aromatic rings. The van der Waals surface area contributed by atoms with Crippen molar-refractivity contribution in [1.82, 2.24) is 5.32 Å². The number of anilines is 1. The van der Waals surface area contributed by atoms with Gasteiger partial charge in [-0.2, -0.15) is 0 Å². The minimum absolute atomic E-state index is 0.0732. The van der Waals surface area contributed by atoms with Gasteiger partial charge in [-0.05, 0) is 49.3 Å². The molecule has 1 amide bonds. The van der Waals surface area contributed by atoms with Gasteiger partial charge in [0, 0.05) is 10.5 Å². The number of carbonyl (C=O) groups is 1. The number of benzene rings is 1. The molecule has 2 fully saturated rings. The average molecular weight is 339 g/mol. The molecule has 2 atom stereocenters. The van der Waals surface area contributed by atoms with E-state index in [0.717, 1.165) is 29.4 Å². The monoisotopic (exact) mass is 338 g/mol. The highest BCUT2D eigenvalue weighted by molar-refractivity contribution is 9.10. The summed E-state index contributed by atoms with van der Waals surface area (Å²) in [7, 11) is 0. The Balaban J connectivity index is 1.90. The third-order valence-corrected chi connectivity index (χ3v) is 4.73. The van der Waals surface area contributed by atoms with Crippen LogP contribution in [0.4, 0.5) is 5.69 Å². The SMILES string of the molecule is O=C1C2CCCCC2NC(=S)N1c1ccc(Br)cc1. The second-order valence-electron chi connectivity index (χ2n) is 5.10. The van der Waals surface area contributed by atoms with Crippen molar-refractivity contribution in [2.75, 3.05) is 4.90 Å². The van der Waals surface area contributed by atoms with E-state index in [2.05, 4.69) is 21.2 Å². The highest BCUT2D eigenvalue weighted by Gasteiger charge is 2.40. The van der Waals surface area contributed by atoms with Crippen molar-refractivity contribution < 1.29 is 4.79 Å². The summed E-state index contributed by atoms with van der Waals surface area (Å²) in [5.74, 6) is 0.222. The molecule has 0 bridgehead atoms. The molecule has 1 N–H and O–H groups in total. The molecule has 5 heteroatoms. The average Bonchev–Trinajstić information content (AvgIpc) is 2.41. The lowest BCUT2D eigenvalue weighted by Gasteiger charge is -2.41. The topological polar surface area (TPSA) is 32.3 Å². The fraction of sp³-hybridized carbons (Fsp3) is 0.429. The molecule has 1 saturated carbocycles. The van der Waals surface area contributed by atoms with E-state index >= 15 is 0 Å². The van der Waals surface area contributed by atoms with E-state index in [1.807, 2.05) is 24.3 Å². The van der Waals surface area contributed by atoms with Gasteiger partial charge >= 0.3 is 0 Å². The Kier molecular flexibility index (Phi) is 3.58. The first-order valence-electron chi connectivity index (χ1n) is 6.57. The molecule has 2 unspecified atom stereocenters. The zero-order valence-corrected chi connectivity index (χ0v) is 12.8. The number of thiocarbonyl (C=S) groups is 1. The van der Waals surface area contributed by atoms with Crippen molar-refractivity contribution >= 4 is 44.9 Å². The van der Waals surface area contributed by atoms with Crippen LogP contribution in [-0.4, -0.2) is 17.1 Å². The molecular weight excluding hydrogens is 324 g/mol. The smallest absolute Gasteiger partial charge is 0.238 e. The van der Waals surface area contributed by atoms with Crippen molar-refractivity contribution in [3.8, 4) is 0 Å². The van der Waals surface area contributed by atoms with Crippen molar-refractivity contribution in [2.24, 2.45) is 5.92 Å². The van der Waals surface area contributed by atoms with Gasteiger partial charge < -0.3 is 5.32 Å². The third kappa shape index (κ3) is 2.41. The maximum Gasteiger partial charge on any atom is 0.238 e. The van der Waals surface area contributed by atoms with Crippen LogP contribution >= 0.6 is 28.1 Å². The van der Waals surface area contributed by atoms with Crippen LogP contribution in [0.3, 0.4) is 0 Å². The molecule has 19 heavy (non-hydrogen) atoms. The van der Waals surface area contributed by atoms with E-state index in [4.69, 9.17) is 12.2 Å². The fourth-order valence-electron chi connectivity index (χ4n) is 2.92. The molecule has 1 aliphatic heterocycles. The van der Waals surface area contributed by atoms with E-state index in [0.29, 0.717) is 5.11 Å². The molecule has 1 aromatic carbocycles. The largest absolute Gasteiger partial charge is 0.358 e. The van der Waals surface area contributed by atoms with Crippen LogP contribution in [0, 0.1) is 5.92 Å². The Hall–Kier alpha value is -0.940. The molecule has 1 saturated heterocycles. The van der Waals surface area contributed by atoms with E-state index in [9.17, 15) is 4.79 Å². The molecule has 1 aliphatic carbocycles. The summed E-state index contributed by atoms with van der Waals surface area (Å²) in [4.78, 5) is 14.3. The van der Waals surface area contributed by atoms with Crippen LogP contribution in [-0.2, 0) is 4.79 Å². The van der Waals surface area contributed by atoms with Crippen LogP contribution in [0.25, 0.3) is 0 Å². The third-order valence-electron chi connectivity index (χ3n) is 3.90. The molecule has 3 rings (SSSR count). The first-order chi connectivity index (χ1) is 9.16. The van der Waals surface area contributed by atoms with Gasteiger partial charge in [0.05, 0.1) is 11.6 Å². The molecule has 0 radical (unpaired) electrons. The van der Waals surface area contributed by atoms with Crippen molar-refractivity contribution in [3.05, 3.63) is 28.7 Å². The number of nitrogens with zero attached hydrogens (tertiary/aromatic N) is 1. The highest BCUT2D eigenvalue weighted by Crippen LogP contribution is 2.32. The van der Waals surface area contributed by atoms with Crippen LogP contribution in [0.5, 0.6) is 0 Å². The number of rotatable bonds is 1. The normalized spacial score (nSPS) is 26.9. The van der Waals surface area contributed by atoms with Crippen LogP contribution in [0.15, 0.2) is 28.7 Å². The first kappa shape index (κ1) is 13.1. The Morgan fingerprint density at radius 2 is 1.89 bits per heavy atom. The van der Waals surface area contributed by atoms with Gasteiger partial charge in [-0.1, -0.05) is 28.8 Å². The lowest BCUT2D eigenvalue weighted by Crippen LogP contribution is -2.60. The molecule has 1 heterocycles. The van der Waals surface area contributed by atoms with Gasteiger partial charge in [0.15, 0.2) is 5.11 Å². The molecule has 2 aliphatic rings. The second-order valence-corrected chi connectivity index (χ2v) is 6.40. The summed E-state index contributed by atoms with van der Waals surface area (Å²) in [5.41, 5.74) is 0.842. The zero-order valence-electron chi connectivity index (χ0n) is 10.4. The summed E-state index contributed by atoms with van der Waals surface area (Å²) in [6, 6.07) is 7.93. The van der Waals surface area contributed by atoms with Gasteiger partial charge in [-0.25, -0.2) is 0 Å². The Bertz CT molecular complexity index is 517. The van der Waals surface area contributed by atoms with Crippen LogP contribution in [0.2, 0.25) is 0 Å². The predicted molar refractivity (Wildman–Crippen MR) is 83.1 cm³/mol. The maximum absolute atomic E-state index is 12.6. The number of amides is 1. The number of hydrogen-bond donors (Lipinski definition) is 1. The van der Waals surface area contributed by atoms with E-state index in [1.54, 1.807) is 4.90 Å². The minimum atomic E-state index is 0.0732. The van der Waals surface area contributed by atoms with Crippen LogP contribution in [0.1, 0.15) is 25.7 Å². The van der Waals surface area contributed by atoms with Gasteiger partial charge in [0.2, 0.25) is 5.91 Å². The van der Waals surface area contributed by atoms with E-state index in [1.165, 1.54) is 6.42 Å². The zero-order chi connectivity index (χ0) is 13.4. The summed E-state index contributed by atoms with van der Waals surface area (Å²) in [5, 5.41) is 3.87. The number of halogens is 1. The van der Waals surface area contributed by atoms with Gasteiger partial charge in [0.1, 0.15) is 0 Å². The quantitative estimate of drug-likeness (QED) is 0.798. The number of nitrogens with one attached hydrogen (secondary N) is 1. The van der Waals surface area contributed by atoms with Crippen LogP contribution < -0.4 is 10.2 Å². The summed E-state index contributed by atoms with van der Waals surface area (Å²) >= 11 is 8.77. The van der Waals surface area contributed by atoms with Crippen molar-refractivity contribution in [2.45, 2.75) is 31.7 Å². The van der Waals surface area contributed by atoms with Gasteiger partial charge in [-0.15, -0.1) is 0 Å². The standard InChI is InChI=1S/C14H15BrN2OS/c15-9-5-7-10(8-6-9)17-13(18)11-3-1-2-4-12(11)16-14(17)19/h5-8,11-12H,1-4H2,(H,16,19). The van der Waals surface area contributed by atoms with Gasteiger partial charge in [0.25, 0.3) is 0 Å². The maximum atomic E-state index is 12.6. The number of carbonyl (C=O) groups excluding carboxylic acids is 1. The van der Waals surface area contributed by atoms with Crippen molar-refractivity contribution in [3.63, 3.8) is 0 Å². The number of fused-ring (bicyclic) bond motifs is 1. The highest BCUT2D eigenvalue weighted by atomic mass is 79.9. The fourth-order valence-corrected chi connectivity index (χ4v) is 3.53. The molecule has 3 nitrogen and oxygen atoms in total. The first-order valence-corrected chi connectivity index (χ1v) is 7.77. The predicted octanol–water partition coefficient (Wildman–Crippen LogP) is 3.23. The van der Waals surface area contributed by atoms with E-state index < -0.39 is 0 Å². The molecule has 0 spiro atoms. The summed E-state index contributed by atoms with van der Waals surface area (Å²) < 4.78 is 0.995. The van der Waals surface area contributed by atoms with E-state index in [-0.39, 0.29) is 17.9 Å². The second kappa shape index (κ2) is 5.21. The lowest BCUT2D eigenvalue weighted by molar-refractivity contribution is -0.123. The van der Waals surface area contributed by atoms with Crippen molar-refractivity contribution in [1.29, 1.82) is 0 Å². The lowest BCUT2D eigenvalue weighted by atomic mass is 9.82. The molecule has 0 aromatic heterocycles. The Labute approximate surface area is 126 Å². The number of hydrogen-bond acceptors (Lipinski definition) is 2. The summed E-state index contributed by atoms with van der Waals surface area (Å²) in [6.45, 7) is 0. The molecule has 100 valence electrons. The van der Waals surface area contributed by atoms with Gasteiger partial charge in [-0.3, -0.25) is 9.69 Å². The Morgan fingerprint density at radius 1 is 1.21 bits per heavy atom.